The number of carbonyl (C=O) groups is 1. The molecule has 1 N–H and O–H groups in total. The van der Waals surface area contributed by atoms with Crippen LogP contribution in [0.2, 0.25) is 0 Å². The van der Waals surface area contributed by atoms with Crippen molar-refractivity contribution < 1.29 is 9.53 Å². The van der Waals surface area contributed by atoms with Crippen LogP contribution >= 0.6 is 11.8 Å². The highest BCUT2D eigenvalue weighted by Gasteiger charge is 2.11. The minimum atomic E-state index is -0.118. The summed E-state index contributed by atoms with van der Waals surface area (Å²) in [5.41, 5.74) is 3.67. The summed E-state index contributed by atoms with van der Waals surface area (Å²) >= 11 is 1.72. The summed E-state index contributed by atoms with van der Waals surface area (Å²) in [5.74, 6) is 1.41. The molecule has 0 aliphatic rings. The number of methoxy groups -OCH3 is 1. The lowest BCUT2D eigenvalue weighted by molar-refractivity contribution is 0.102. The third-order valence-electron chi connectivity index (χ3n) is 4.30. The van der Waals surface area contributed by atoms with Crippen molar-refractivity contribution in [3.05, 3.63) is 89.5 Å². The molecular formula is C23H23NO2S. The number of nitrogens with one attached hydrogen (secondary N) is 1. The summed E-state index contributed by atoms with van der Waals surface area (Å²) in [5, 5.41) is 2.96. The van der Waals surface area contributed by atoms with Crippen molar-refractivity contribution >= 4 is 23.4 Å². The molecule has 0 bridgehead atoms. The number of amides is 1. The van der Waals surface area contributed by atoms with Gasteiger partial charge in [-0.05, 0) is 54.4 Å². The van der Waals surface area contributed by atoms with Crippen LogP contribution < -0.4 is 10.1 Å². The first-order valence-electron chi connectivity index (χ1n) is 8.94. The molecule has 138 valence electrons. The highest BCUT2D eigenvalue weighted by Crippen LogP contribution is 2.29. The van der Waals surface area contributed by atoms with Gasteiger partial charge in [-0.1, -0.05) is 37.3 Å². The predicted molar refractivity (Wildman–Crippen MR) is 113 cm³/mol. The van der Waals surface area contributed by atoms with E-state index in [9.17, 15) is 4.79 Å². The molecule has 0 aromatic heterocycles. The Labute approximate surface area is 164 Å². The second kappa shape index (κ2) is 9.28. The van der Waals surface area contributed by atoms with Gasteiger partial charge in [0.25, 0.3) is 5.91 Å². The smallest absolute Gasteiger partial charge is 0.255 e. The molecule has 0 aliphatic carbocycles. The minimum absolute atomic E-state index is 0.118. The molecule has 3 aromatic carbocycles. The lowest BCUT2D eigenvalue weighted by atomic mass is 10.1. The van der Waals surface area contributed by atoms with Crippen LogP contribution in [0.3, 0.4) is 0 Å². The first-order chi connectivity index (χ1) is 13.2. The van der Waals surface area contributed by atoms with Crippen LogP contribution in [0, 0.1) is 0 Å². The zero-order valence-corrected chi connectivity index (χ0v) is 16.4. The molecule has 3 nitrogen and oxygen atoms in total. The van der Waals surface area contributed by atoms with Gasteiger partial charge < -0.3 is 10.1 Å². The minimum Gasteiger partial charge on any atom is -0.496 e. The zero-order chi connectivity index (χ0) is 19.1. The second-order valence-corrected chi connectivity index (χ2v) is 7.18. The molecule has 1 amide bonds. The van der Waals surface area contributed by atoms with E-state index in [1.54, 1.807) is 24.9 Å². The van der Waals surface area contributed by atoms with E-state index in [1.165, 1.54) is 10.5 Å². The standard InChI is InChI=1S/C23H23NO2S/c1-3-17-9-12-20(13-10-17)24-23(25)18-11-14-22(26-2)19(15-18)16-27-21-7-5-4-6-8-21/h4-15H,3,16H2,1-2H3,(H,24,25). The first kappa shape index (κ1) is 19.1. The van der Waals surface area contributed by atoms with Gasteiger partial charge in [0.2, 0.25) is 0 Å². The molecule has 0 fully saturated rings. The number of carbonyl (C=O) groups excluding carboxylic acids is 1. The van der Waals surface area contributed by atoms with Crippen LogP contribution in [-0.4, -0.2) is 13.0 Å². The second-order valence-electron chi connectivity index (χ2n) is 6.13. The van der Waals surface area contributed by atoms with E-state index in [0.29, 0.717) is 5.56 Å². The van der Waals surface area contributed by atoms with E-state index in [4.69, 9.17) is 4.74 Å². The van der Waals surface area contributed by atoms with Crippen molar-refractivity contribution in [3.8, 4) is 5.75 Å². The van der Waals surface area contributed by atoms with E-state index in [-0.39, 0.29) is 5.91 Å². The molecule has 0 radical (unpaired) electrons. The quantitative estimate of drug-likeness (QED) is 0.529. The van der Waals surface area contributed by atoms with E-state index in [0.717, 1.165) is 29.2 Å². The van der Waals surface area contributed by atoms with Crippen LogP contribution in [0.25, 0.3) is 0 Å². The first-order valence-corrected chi connectivity index (χ1v) is 9.93. The van der Waals surface area contributed by atoms with Crippen molar-refractivity contribution in [1.29, 1.82) is 0 Å². The number of aryl methyl sites for hydroxylation is 1. The molecule has 27 heavy (non-hydrogen) atoms. The Morgan fingerprint density at radius 1 is 1.00 bits per heavy atom. The Morgan fingerprint density at radius 2 is 1.74 bits per heavy atom. The fourth-order valence-corrected chi connectivity index (χ4v) is 3.63. The van der Waals surface area contributed by atoms with Crippen molar-refractivity contribution in [2.45, 2.75) is 24.0 Å². The average Bonchev–Trinajstić information content (AvgIpc) is 2.73. The lowest BCUT2D eigenvalue weighted by Gasteiger charge is -2.11. The SMILES string of the molecule is CCc1ccc(NC(=O)c2ccc(OC)c(CSc3ccccc3)c2)cc1. The van der Waals surface area contributed by atoms with Crippen LogP contribution in [0.4, 0.5) is 5.69 Å². The summed E-state index contributed by atoms with van der Waals surface area (Å²) in [4.78, 5) is 13.8. The highest BCUT2D eigenvalue weighted by atomic mass is 32.2. The van der Waals surface area contributed by atoms with Crippen molar-refractivity contribution in [3.63, 3.8) is 0 Å². The average molecular weight is 378 g/mol. The Balaban J connectivity index is 1.73. The summed E-state index contributed by atoms with van der Waals surface area (Å²) < 4.78 is 5.47. The van der Waals surface area contributed by atoms with Gasteiger partial charge in [0, 0.05) is 27.5 Å². The maximum Gasteiger partial charge on any atom is 0.255 e. The number of benzene rings is 3. The number of thioether (sulfide) groups is 1. The van der Waals surface area contributed by atoms with E-state index < -0.39 is 0 Å². The van der Waals surface area contributed by atoms with E-state index in [2.05, 4.69) is 24.4 Å². The Hall–Kier alpha value is -2.72. The molecule has 0 saturated heterocycles. The summed E-state index contributed by atoms with van der Waals surface area (Å²) in [7, 11) is 1.65. The van der Waals surface area contributed by atoms with Gasteiger partial charge in [-0.25, -0.2) is 0 Å². The topological polar surface area (TPSA) is 38.3 Å². The molecule has 0 saturated carbocycles. The molecule has 0 atom stereocenters. The van der Waals surface area contributed by atoms with Gasteiger partial charge in [0.05, 0.1) is 7.11 Å². The predicted octanol–water partition coefficient (Wildman–Crippen LogP) is 5.80. The van der Waals surface area contributed by atoms with E-state index >= 15 is 0 Å². The highest BCUT2D eigenvalue weighted by molar-refractivity contribution is 7.98. The van der Waals surface area contributed by atoms with Gasteiger partial charge in [-0.15, -0.1) is 11.8 Å². The van der Waals surface area contributed by atoms with Crippen LogP contribution in [-0.2, 0) is 12.2 Å². The van der Waals surface area contributed by atoms with Crippen LogP contribution in [0.5, 0.6) is 5.75 Å². The molecule has 0 heterocycles. The van der Waals surface area contributed by atoms with Gasteiger partial charge in [-0.3, -0.25) is 4.79 Å². The molecule has 4 heteroatoms. The number of rotatable bonds is 7. The van der Waals surface area contributed by atoms with Gasteiger partial charge in [0.1, 0.15) is 5.75 Å². The zero-order valence-electron chi connectivity index (χ0n) is 15.6. The summed E-state index contributed by atoms with van der Waals surface area (Å²) in [6.07, 6.45) is 0.981. The normalized spacial score (nSPS) is 10.4. The molecule has 0 unspecified atom stereocenters. The Morgan fingerprint density at radius 3 is 2.41 bits per heavy atom. The number of hydrogen-bond acceptors (Lipinski definition) is 3. The summed E-state index contributed by atoms with van der Waals surface area (Å²) in [6, 6.07) is 23.7. The number of ether oxygens (including phenoxy) is 1. The van der Waals surface area contributed by atoms with Crippen molar-refractivity contribution in [2.75, 3.05) is 12.4 Å². The lowest BCUT2D eigenvalue weighted by Crippen LogP contribution is -2.12. The van der Waals surface area contributed by atoms with Gasteiger partial charge in [0.15, 0.2) is 0 Å². The molecular weight excluding hydrogens is 354 g/mol. The largest absolute Gasteiger partial charge is 0.496 e. The van der Waals surface area contributed by atoms with Crippen molar-refractivity contribution in [2.24, 2.45) is 0 Å². The maximum atomic E-state index is 12.6. The molecule has 3 rings (SSSR count). The van der Waals surface area contributed by atoms with Crippen LogP contribution in [0.15, 0.2) is 77.7 Å². The molecule has 3 aromatic rings. The third kappa shape index (κ3) is 5.14. The Bertz CT molecular complexity index is 892. The summed E-state index contributed by atoms with van der Waals surface area (Å²) in [6.45, 7) is 2.11. The number of anilines is 1. The van der Waals surface area contributed by atoms with E-state index in [1.807, 2.05) is 54.6 Å². The number of hydrogen-bond donors (Lipinski definition) is 1. The van der Waals surface area contributed by atoms with Crippen molar-refractivity contribution in [1.82, 2.24) is 0 Å². The maximum absolute atomic E-state index is 12.6. The fraction of sp³-hybridized carbons (Fsp3) is 0.174. The fourth-order valence-electron chi connectivity index (χ4n) is 2.74. The third-order valence-corrected chi connectivity index (χ3v) is 5.36. The molecule has 0 spiro atoms. The van der Waals surface area contributed by atoms with Crippen LogP contribution in [0.1, 0.15) is 28.4 Å². The molecule has 0 aliphatic heterocycles. The van der Waals surface area contributed by atoms with Gasteiger partial charge >= 0.3 is 0 Å². The Kier molecular flexibility index (Phi) is 6.55. The van der Waals surface area contributed by atoms with Gasteiger partial charge in [-0.2, -0.15) is 0 Å². The monoisotopic (exact) mass is 377 g/mol.